The molecule has 1 aromatic carbocycles. The van der Waals surface area contributed by atoms with E-state index < -0.39 is 0 Å². The predicted octanol–water partition coefficient (Wildman–Crippen LogP) is 2.75. The molecule has 16 heavy (non-hydrogen) atoms. The largest absolute Gasteiger partial charge is 0.463 e. The van der Waals surface area contributed by atoms with Crippen LogP contribution in [0.1, 0.15) is 18.1 Å². The van der Waals surface area contributed by atoms with Gasteiger partial charge in [-0.25, -0.2) is 4.79 Å². The van der Waals surface area contributed by atoms with E-state index in [2.05, 4.69) is 18.2 Å². The smallest absolute Gasteiger partial charge is 0.330 e. The van der Waals surface area contributed by atoms with Crippen LogP contribution in [0.3, 0.4) is 0 Å². The molecular formula is C14H14O2. The molecule has 0 aliphatic heterocycles. The highest BCUT2D eigenvalue weighted by atomic mass is 16.5. The lowest BCUT2D eigenvalue weighted by Gasteiger charge is -1.96. The standard InChI is InChI=1S/C14H14O2/c1-2-16-14(15)8-7-11-9-12-5-3-4-6-13(12)10-11/h3-9H,2,10H2,1H3/b8-7+. The van der Waals surface area contributed by atoms with E-state index in [-0.39, 0.29) is 5.97 Å². The van der Waals surface area contributed by atoms with Gasteiger partial charge in [0.2, 0.25) is 0 Å². The number of carbonyl (C=O) groups excluding carboxylic acids is 1. The van der Waals surface area contributed by atoms with Gasteiger partial charge in [-0.1, -0.05) is 36.4 Å². The molecule has 0 saturated carbocycles. The van der Waals surface area contributed by atoms with Crippen LogP contribution >= 0.6 is 0 Å². The SMILES string of the molecule is CCOC(=O)/C=C/C1=Cc2ccccc2C1. The number of rotatable bonds is 3. The fourth-order valence-corrected chi connectivity index (χ4v) is 1.78. The lowest BCUT2D eigenvalue weighted by molar-refractivity contribution is -0.137. The average Bonchev–Trinajstić information content (AvgIpc) is 2.69. The minimum atomic E-state index is -0.278. The second-order valence-electron chi connectivity index (χ2n) is 3.68. The highest BCUT2D eigenvalue weighted by Crippen LogP contribution is 2.24. The number of hydrogen-bond acceptors (Lipinski definition) is 2. The molecule has 1 aliphatic carbocycles. The summed E-state index contributed by atoms with van der Waals surface area (Å²) in [5.74, 6) is -0.278. The summed E-state index contributed by atoms with van der Waals surface area (Å²) < 4.78 is 4.83. The maximum absolute atomic E-state index is 11.1. The van der Waals surface area contributed by atoms with Crippen LogP contribution in [0.15, 0.2) is 42.0 Å². The van der Waals surface area contributed by atoms with Crippen molar-refractivity contribution >= 4 is 12.0 Å². The fraction of sp³-hybridized carbons (Fsp3) is 0.214. The number of fused-ring (bicyclic) bond motifs is 1. The summed E-state index contributed by atoms with van der Waals surface area (Å²) in [6, 6.07) is 8.25. The Morgan fingerprint density at radius 2 is 2.25 bits per heavy atom. The maximum Gasteiger partial charge on any atom is 0.330 e. The number of hydrogen-bond donors (Lipinski definition) is 0. The van der Waals surface area contributed by atoms with Gasteiger partial charge in [-0.15, -0.1) is 0 Å². The molecule has 0 fully saturated rings. The number of allylic oxidation sites excluding steroid dienone is 2. The van der Waals surface area contributed by atoms with E-state index in [4.69, 9.17) is 4.74 Å². The van der Waals surface area contributed by atoms with Crippen molar-refractivity contribution < 1.29 is 9.53 Å². The van der Waals surface area contributed by atoms with Crippen LogP contribution in [0.25, 0.3) is 6.08 Å². The summed E-state index contributed by atoms with van der Waals surface area (Å²) >= 11 is 0. The van der Waals surface area contributed by atoms with Crippen molar-refractivity contribution in [2.45, 2.75) is 13.3 Å². The van der Waals surface area contributed by atoms with Gasteiger partial charge in [-0.2, -0.15) is 0 Å². The first kappa shape index (κ1) is 10.7. The normalized spacial score (nSPS) is 13.7. The molecule has 0 atom stereocenters. The Labute approximate surface area is 95.2 Å². The summed E-state index contributed by atoms with van der Waals surface area (Å²) in [5.41, 5.74) is 3.70. The quantitative estimate of drug-likeness (QED) is 0.571. The monoisotopic (exact) mass is 214 g/mol. The molecule has 0 aromatic heterocycles. The van der Waals surface area contributed by atoms with Crippen molar-refractivity contribution in [1.82, 2.24) is 0 Å². The zero-order valence-corrected chi connectivity index (χ0v) is 9.27. The van der Waals surface area contributed by atoms with Crippen LogP contribution in [0.2, 0.25) is 0 Å². The summed E-state index contributed by atoms with van der Waals surface area (Å²) in [4.78, 5) is 11.1. The summed E-state index contributed by atoms with van der Waals surface area (Å²) in [6.45, 7) is 2.22. The highest BCUT2D eigenvalue weighted by molar-refractivity contribution is 5.83. The Balaban J connectivity index is 2.03. The molecule has 0 heterocycles. The van der Waals surface area contributed by atoms with E-state index in [1.807, 2.05) is 18.2 Å². The molecule has 1 aliphatic rings. The van der Waals surface area contributed by atoms with Gasteiger partial charge < -0.3 is 4.74 Å². The molecule has 0 saturated heterocycles. The molecule has 82 valence electrons. The maximum atomic E-state index is 11.1. The van der Waals surface area contributed by atoms with Crippen LogP contribution in [0, 0.1) is 0 Å². The van der Waals surface area contributed by atoms with Crippen molar-refractivity contribution in [3.05, 3.63) is 53.1 Å². The van der Waals surface area contributed by atoms with E-state index in [0.717, 1.165) is 12.0 Å². The van der Waals surface area contributed by atoms with Gasteiger partial charge in [0.1, 0.15) is 0 Å². The van der Waals surface area contributed by atoms with Crippen LogP contribution in [0.4, 0.5) is 0 Å². The number of carbonyl (C=O) groups is 1. The van der Waals surface area contributed by atoms with Gasteiger partial charge in [0.05, 0.1) is 6.61 Å². The molecule has 2 nitrogen and oxygen atoms in total. The van der Waals surface area contributed by atoms with Crippen LogP contribution in [-0.2, 0) is 16.0 Å². The average molecular weight is 214 g/mol. The van der Waals surface area contributed by atoms with Gasteiger partial charge >= 0.3 is 5.97 Å². The fourth-order valence-electron chi connectivity index (χ4n) is 1.78. The first-order valence-electron chi connectivity index (χ1n) is 5.43. The molecule has 0 spiro atoms. The van der Waals surface area contributed by atoms with E-state index in [0.29, 0.717) is 6.61 Å². The first-order valence-corrected chi connectivity index (χ1v) is 5.43. The lowest BCUT2D eigenvalue weighted by atomic mass is 10.1. The third-order valence-corrected chi connectivity index (χ3v) is 2.51. The minimum absolute atomic E-state index is 0.278. The van der Waals surface area contributed by atoms with Gasteiger partial charge in [-0.05, 0) is 30.0 Å². The van der Waals surface area contributed by atoms with E-state index in [9.17, 15) is 4.79 Å². The Morgan fingerprint density at radius 3 is 3.00 bits per heavy atom. The second-order valence-corrected chi connectivity index (χ2v) is 3.68. The van der Waals surface area contributed by atoms with E-state index >= 15 is 0 Å². The van der Waals surface area contributed by atoms with Gasteiger partial charge in [0.25, 0.3) is 0 Å². The number of esters is 1. The topological polar surface area (TPSA) is 26.3 Å². The van der Waals surface area contributed by atoms with Crippen LogP contribution in [-0.4, -0.2) is 12.6 Å². The third-order valence-electron chi connectivity index (χ3n) is 2.51. The molecular weight excluding hydrogens is 200 g/mol. The number of ether oxygens (including phenoxy) is 1. The van der Waals surface area contributed by atoms with Crippen LogP contribution in [0.5, 0.6) is 0 Å². The summed E-state index contributed by atoms with van der Waals surface area (Å²) in [7, 11) is 0. The Morgan fingerprint density at radius 1 is 1.44 bits per heavy atom. The van der Waals surface area contributed by atoms with Crippen molar-refractivity contribution in [2.75, 3.05) is 6.61 Å². The zero-order valence-electron chi connectivity index (χ0n) is 9.27. The summed E-state index contributed by atoms with van der Waals surface area (Å²) in [5, 5.41) is 0. The summed E-state index contributed by atoms with van der Waals surface area (Å²) in [6.07, 6.45) is 6.32. The Hall–Kier alpha value is -1.83. The third kappa shape index (κ3) is 2.40. The van der Waals surface area contributed by atoms with E-state index in [1.54, 1.807) is 6.92 Å². The molecule has 0 N–H and O–H groups in total. The second kappa shape index (κ2) is 4.79. The van der Waals surface area contributed by atoms with E-state index in [1.165, 1.54) is 17.2 Å². The van der Waals surface area contributed by atoms with Crippen molar-refractivity contribution in [3.63, 3.8) is 0 Å². The molecule has 0 radical (unpaired) electrons. The van der Waals surface area contributed by atoms with Gasteiger partial charge in [-0.3, -0.25) is 0 Å². The number of benzene rings is 1. The Bertz CT molecular complexity index is 456. The zero-order chi connectivity index (χ0) is 11.4. The Kier molecular flexibility index (Phi) is 3.20. The highest BCUT2D eigenvalue weighted by Gasteiger charge is 2.09. The lowest BCUT2D eigenvalue weighted by Crippen LogP contribution is -1.98. The predicted molar refractivity (Wildman–Crippen MR) is 63.9 cm³/mol. The molecule has 0 bridgehead atoms. The van der Waals surface area contributed by atoms with Gasteiger partial charge in [0, 0.05) is 6.08 Å². The van der Waals surface area contributed by atoms with Gasteiger partial charge in [0.15, 0.2) is 0 Å². The molecule has 0 amide bonds. The van der Waals surface area contributed by atoms with Crippen molar-refractivity contribution in [2.24, 2.45) is 0 Å². The molecule has 0 unspecified atom stereocenters. The molecule has 1 aromatic rings. The van der Waals surface area contributed by atoms with Crippen molar-refractivity contribution in [1.29, 1.82) is 0 Å². The van der Waals surface area contributed by atoms with Crippen molar-refractivity contribution in [3.8, 4) is 0 Å². The first-order chi connectivity index (χ1) is 7.79. The van der Waals surface area contributed by atoms with Crippen LogP contribution < -0.4 is 0 Å². The molecule has 2 heteroatoms. The molecule has 2 rings (SSSR count). The minimum Gasteiger partial charge on any atom is -0.463 e.